The second kappa shape index (κ2) is 9.60. The van der Waals surface area contributed by atoms with Crippen LogP contribution in [0.1, 0.15) is 43.0 Å². The molecular formula is C21H32ClN3O4. The molecule has 1 aliphatic heterocycles. The molecule has 2 aliphatic rings. The number of nitrogens with zero attached hydrogens (tertiary/aromatic N) is 2. The fourth-order valence-corrected chi connectivity index (χ4v) is 5.03. The Labute approximate surface area is 176 Å². The summed E-state index contributed by atoms with van der Waals surface area (Å²) >= 11 is 6.43. The van der Waals surface area contributed by atoms with E-state index in [-0.39, 0.29) is 47.9 Å². The average Bonchev–Trinajstić information content (AvgIpc) is 2.71. The molecule has 1 amide bonds. The highest BCUT2D eigenvalue weighted by molar-refractivity contribution is 6.20. The highest BCUT2D eigenvalue weighted by Gasteiger charge is 2.40. The first-order chi connectivity index (χ1) is 13.8. The Morgan fingerprint density at radius 1 is 1.31 bits per heavy atom. The molecule has 0 bridgehead atoms. The Hall–Kier alpha value is -1.41. The van der Waals surface area contributed by atoms with E-state index >= 15 is 0 Å². The van der Waals surface area contributed by atoms with Crippen LogP contribution in [0.2, 0.25) is 0 Å². The van der Waals surface area contributed by atoms with Gasteiger partial charge in [-0.25, -0.2) is 0 Å². The van der Waals surface area contributed by atoms with Gasteiger partial charge in [0.2, 0.25) is 0 Å². The Kier molecular flexibility index (Phi) is 7.37. The number of halogens is 1. The Morgan fingerprint density at radius 2 is 2.00 bits per heavy atom. The molecule has 4 N–H and O–H groups in total. The van der Waals surface area contributed by atoms with Gasteiger partial charge in [-0.15, -0.1) is 11.6 Å². The number of aromatic nitrogens is 1. The van der Waals surface area contributed by atoms with Crippen molar-refractivity contribution in [2.24, 2.45) is 23.5 Å². The van der Waals surface area contributed by atoms with E-state index < -0.39 is 6.10 Å². The lowest BCUT2D eigenvalue weighted by atomic mass is 9.72. The summed E-state index contributed by atoms with van der Waals surface area (Å²) in [5, 5.41) is 19.6. The van der Waals surface area contributed by atoms with E-state index in [0.29, 0.717) is 31.0 Å². The van der Waals surface area contributed by atoms with Crippen LogP contribution in [0.25, 0.3) is 0 Å². The maximum Gasteiger partial charge on any atom is 0.255 e. The Balaban J connectivity index is 1.59. The molecule has 29 heavy (non-hydrogen) atoms. The van der Waals surface area contributed by atoms with Crippen LogP contribution >= 0.6 is 11.6 Å². The molecule has 3 rings (SSSR count). The molecule has 1 aromatic rings. The van der Waals surface area contributed by atoms with Gasteiger partial charge in [0, 0.05) is 49.2 Å². The number of hydrogen-bond donors (Lipinski definition) is 3. The number of hydrogen-bond acceptors (Lipinski definition) is 5. The molecule has 1 aliphatic carbocycles. The van der Waals surface area contributed by atoms with Crippen molar-refractivity contribution in [2.45, 2.75) is 56.7 Å². The standard InChI is InChI=1S/C21H32ClN3O4/c1-13-10-18(27)16(11-17(13)22)20(23)14-4-6-24(7-5-14)21(29)15-2-3-19(28)25(12-15)8-9-26/h2-3,12-14,16-18,20,26-27H,4-11,23H2,1H3/t13?,16?,17?,18?,20-/m1/s1. The van der Waals surface area contributed by atoms with Gasteiger partial charge in [-0.3, -0.25) is 9.59 Å². The van der Waals surface area contributed by atoms with E-state index in [1.54, 1.807) is 4.90 Å². The number of alkyl halides is 1. The van der Waals surface area contributed by atoms with Crippen LogP contribution in [-0.4, -0.2) is 62.8 Å². The zero-order chi connectivity index (χ0) is 21.1. The summed E-state index contributed by atoms with van der Waals surface area (Å²) < 4.78 is 1.35. The van der Waals surface area contributed by atoms with Crippen molar-refractivity contribution in [3.8, 4) is 0 Å². The number of aliphatic hydroxyl groups is 2. The lowest BCUT2D eigenvalue weighted by molar-refractivity contribution is 0.0184. The van der Waals surface area contributed by atoms with E-state index in [4.69, 9.17) is 22.4 Å². The number of pyridine rings is 1. The van der Waals surface area contributed by atoms with E-state index in [0.717, 1.165) is 19.3 Å². The van der Waals surface area contributed by atoms with Crippen molar-refractivity contribution in [3.63, 3.8) is 0 Å². The second-order valence-corrected chi connectivity index (χ2v) is 9.14. The van der Waals surface area contributed by atoms with E-state index in [9.17, 15) is 14.7 Å². The van der Waals surface area contributed by atoms with E-state index in [1.165, 1.54) is 22.9 Å². The van der Waals surface area contributed by atoms with Gasteiger partial charge in [0.15, 0.2) is 0 Å². The highest BCUT2D eigenvalue weighted by atomic mass is 35.5. The Morgan fingerprint density at radius 3 is 2.66 bits per heavy atom. The molecule has 0 spiro atoms. The molecule has 0 aromatic carbocycles. The molecule has 7 nitrogen and oxygen atoms in total. The monoisotopic (exact) mass is 425 g/mol. The minimum absolute atomic E-state index is 0.00277. The number of nitrogens with two attached hydrogens (primary N) is 1. The molecule has 1 aromatic heterocycles. The normalized spacial score (nSPS) is 29.6. The van der Waals surface area contributed by atoms with Crippen molar-refractivity contribution >= 4 is 17.5 Å². The summed E-state index contributed by atoms with van der Waals surface area (Å²) in [6.45, 7) is 3.27. The number of aliphatic hydroxyl groups excluding tert-OH is 2. The van der Waals surface area contributed by atoms with Crippen LogP contribution in [0.5, 0.6) is 0 Å². The summed E-state index contributed by atoms with van der Waals surface area (Å²) in [5.41, 5.74) is 6.75. The van der Waals surface area contributed by atoms with Crippen molar-refractivity contribution in [3.05, 3.63) is 34.2 Å². The molecule has 1 saturated heterocycles. The zero-order valence-corrected chi connectivity index (χ0v) is 17.7. The number of amides is 1. The van der Waals surface area contributed by atoms with Crippen LogP contribution in [-0.2, 0) is 6.54 Å². The topological polar surface area (TPSA) is 109 Å². The quantitative estimate of drug-likeness (QED) is 0.610. The minimum Gasteiger partial charge on any atom is -0.395 e. The maximum absolute atomic E-state index is 12.8. The molecular weight excluding hydrogens is 394 g/mol. The summed E-state index contributed by atoms with van der Waals surface area (Å²) in [6.07, 6.45) is 4.09. The third-order valence-electron chi connectivity index (χ3n) is 6.66. The van der Waals surface area contributed by atoms with Crippen LogP contribution in [0.3, 0.4) is 0 Å². The summed E-state index contributed by atoms with van der Waals surface area (Å²) in [6, 6.07) is 2.78. The van der Waals surface area contributed by atoms with Gasteiger partial charge in [0.25, 0.3) is 11.5 Å². The predicted octanol–water partition coefficient (Wildman–Crippen LogP) is 1.03. The predicted molar refractivity (Wildman–Crippen MR) is 112 cm³/mol. The van der Waals surface area contributed by atoms with Gasteiger partial charge in [-0.2, -0.15) is 0 Å². The molecule has 162 valence electrons. The number of rotatable bonds is 5. The number of likely N-dealkylation sites (tertiary alicyclic amines) is 1. The maximum atomic E-state index is 12.8. The third kappa shape index (κ3) is 5.02. The molecule has 0 radical (unpaired) electrons. The molecule has 1 saturated carbocycles. The summed E-state index contributed by atoms with van der Waals surface area (Å²) in [5.74, 6) is 0.432. The highest BCUT2D eigenvalue weighted by Crippen LogP contribution is 2.37. The molecule has 2 heterocycles. The van der Waals surface area contributed by atoms with Crippen LogP contribution in [0.4, 0.5) is 0 Å². The van der Waals surface area contributed by atoms with Gasteiger partial charge < -0.3 is 25.4 Å². The molecule has 8 heteroatoms. The summed E-state index contributed by atoms with van der Waals surface area (Å²) in [7, 11) is 0. The van der Waals surface area contributed by atoms with Crippen LogP contribution in [0, 0.1) is 17.8 Å². The second-order valence-electron chi connectivity index (χ2n) is 8.58. The zero-order valence-electron chi connectivity index (χ0n) is 16.9. The van der Waals surface area contributed by atoms with E-state index in [1.807, 2.05) is 0 Å². The molecule has 2 fully saturated rings. The van der Waals surface area contributed by atoms with Gasteiger partial charge in [-0.1, -0.05) is 6.92 Å². The Bertz CT molecular complexity index is 763. The first-order valence-electron chi connectivity index (χ1n) is 10.5. The third-order valence-corrected chi connectivity index (χ3v) is 7.27. The van der Waals surface area contributed by atoms with E-state index in [2.05, 4.69) is 6.92 Å². The first kappa shape index (κ1) is 22.3. The van der Waals surface area contributed by atoms with Crippen LogP contribution < -0.4 is 11.3 Å². The molecule has 5 atom stereocenters. The fraction of sp³-hybridized carbons (Fsp3) is 0.714. The van der Waals surface area contributed by atoms with Crippen molar-refractivity contribution in [1.29, 1.82) is 0 Å². The number of piperidine rings is 1. The average molecular weight is 426 g/mol. The van der Waals surface area contributed by atoms with Gasteiger partial charge in [0.1, 0.15) is 0 Å². The van der Waals surface area contributed by atoms with Gasteiger partial charge >= 0.3 is 0 Å². The van der Waals surface area contributed by atoms with Gasteiger partial charge in [0.05, 0.1) is 18.3 Å². The van der Waals surface area contributed by atoms with Crippen LogP contribution in [0.15, 0.2) is 23.1 Å². The van der Waals surface area contributed by atoms with Crippen molar-refractivity contribution < 1.29 is 15.0 Å². The van der Waals surface area contributed by atoms with Gasteiger partial charge in [-0.05, 0) is 43.6 Å². The lowest BCUT2D eigenvalue weighted by Gasteiger charge is -2.43. The fourth-order valence-electron chi connectivity index (χ4n) is 4.73. The number of carbonyl (C=O) groups is 1. The lowest BCUT2D eigenvalue weighted by Crippen LogP contribution is -2.51. The SMILES string of the molecule is CC1CC(O)C([C@H](N)C2CCN(C(=O)c3ccc(=O)n(CCO)c3)CC2)CC1Cl. The smallest absolute Gasteiger partial charge is 0.255 e. The summed E-state index contributed by atoms with van der Waals surface area (Å²) in [4.78, 5) is 26.4. The first-order valence-corrected chi connectivity index (χ1v) is 10.9. The molecule has 4 unspecified atom stereocenters. The largest absolute Gasteiger partial charge is 0.395 e. The van der Waals surface area contributed by atoms with Crippen molar-refractivity contribution in [2.75, 3.05) is 19.7 Å². The number of carbonyl (C=O) groups excluding carboxylic acids is 1. The minimum atomic E-state index is -0.415. The van der Waals surface area contributed by atoms with Crippen molar-refractivity contribution in [1.82, 2.24) is 9.47 Å².